The van der Waals surface area contributed by atoms with E-state index in [1.54, 1.807) is 0 Å². The van der Waals surface area contributed by atoms with E-state index < -0.39 is 0 Å². The third-order valence-corrected chi connectivity index (χ3v) is 3.50. The molecule has 7 nitrogen and oxygen atoms in total. The van der Waals surface area contributed by atoms with Crippen LogP contribution in [0, 0.1) is 0 Å². The molecule has 1 saturated carbocycles. The van der Waals surface area contributed by atoms with Crippen LogP contribution in [0.2, 0.25) is 0 Å². The second-order valence-corrected chi connectivity index (χ2v) is 4.81. The number of aromatic nitrogens is 4. The second-order valence-electron chi connectivity index (χ2n) is 4.81. The number of nitrogen functional groups attached to an aromatic ring is 1. The molecule has 0 unspecified atom stereocenters. The van der Waals surface area contributed by atoms with E-state index in [0.717, 1.165) is 6.42 Å². The Labute approximate surface area is 113 Å². The SMILES string of the molecule is Nc1nonc1-c1noc([C@H]2C[C@H]2c2ccccc2)n1. The molecule has 7 heteroatoms. The first-order valence-corrected chi connectivity index (χ1v) is 6.30. The second kappa shape index (κ2) is 4.16. The number of hydrogen-bond donors (Lipinski definition) is 1. The van der Waals surface area contributed by atoms with Gasteiger partial charge in [0.25, 0.3) is 0 Å². The van der Waals surface area contributed by atoms with Crippen LogP contribution in [-0.2, 0) is 0 Å². The fourth-order valence-electron chi connectivity index (χ4n) is 2.37. The third kappa shape index (κ3) is 1.75. The summed E-state index contributed by atoms with van der Waals surface area (Å²) in [6.07, 6.45) is 1.01. The molecule has 3 aromatic rings. The van der Waals surface area contributed by atoms with Crippen molar-refractivity contribution in [1.29, 1.82) is 0 Å². The highest BCUT2D eigenvalue weighted by Crippen LogP contribution is 2.54. The van der Waals surface area contributed by atoms with Crippen molar-refractivity contribution in [2.45, 2.75) is 18.3 Å². The van der Waals surface area contributed by atoms with Crippen molar-refractivity contribution < 1.29 is 9.15 Å². The van der Waals surface area contributed by atoms with Gasteiger partial charge in [0.05, 0.1) is 0 Å². The normalized spacial score (nSPS) is 21.0. The topological polar surface area (TPSA) is 104 Å². The molecule has 2 aromatic heterocycles. The monoisotopic (exact) mass is 269 g/mol. The number of rotatable bonds is 3. The Bertz CT molecular complexity index is 736. The third-order valence-electron chi connectivity index (χ3n) is 3.50. The van der Waals surface area contributed by atoms with Gasteiger partial charge in [0.2, 0.25) is 11.7 Å². The van der Waals surface area contributed by atoms with Gasteiger partial charge in [-0.05, 0) is 28.2 Å². The molecule has 1 aromatic carbocycles. The van der Waals surface area contributed by atoms with Gasteiger partial charge in [-0.15, -0.1) is 0 Å². The van der Waals surface area contributed by atoms with Gasteiger partial charge >= 0.3 is 0 Å². The predicted octanol–water partition coefficient (Wildman–Crippen LogP) is 1.97. The Morgan fingerprint density at radius 1 is 1.05 bits per heavy atom. The lowest BCUT2D eigenvalue weighted by molar-refractivity contribution is 0.310. The average molecular weight is 269 g/mol. The lowest BCUT2D eigenvalue weighted by Gasteiger charge is -1.96. The zero-order valence-corrected chi connectivity index (χ0v) is 10.4. The van der Waals surface area contributed by atoms with E-state index in [2.05, 4.69) is 37.2 Å². The summed E-state index contributed by atoms with van der Waals surface area (Å²) < 4.78 is 9.82. The van der Waals surface area contributed by atoms with E-state index >= 15 is 0 Å². The molecule has 0 aliphatic heterocycles. The van der Waals surface area contributed by atoms with E-state index in [0.29, 0.717) is 23.3 Å². The Kier molecular flexibility index (Phi) is 2.32. The molecule has 2 N–H and O–H groups in total. The molecule has 100 valence electrons. The van der Waals surface area contributed by atoms with Crippen LogP contribution in [-0.4, -0.2) is 20.5 Å². The Morgan fingerprint density at radius 3 is 2.65 bits per heavy atom. The van der Waals surface area contributed by atoms with Crippen LogP contribution in [0.4, 0.5) is 5.82 Å². The number of anilines is 1. The smallest absolute Gasteiger partial charge is 0.230 e. The summed E-state index contributed by atoms with van der Waals surface area (Å²) in [5, 5.41) is 11.0. The van der Waals surface area contributed by atoms with Crippen molar-refractivity contribution in [3.63, 3.8) is 0 Å². The van der Waals surface area contributed by atoms with Crippen LogP contribution < -0.4 is 5.73 Å². The summed E-state index contributed by atoms with van der Waals surface area (Å²) in [6.45, 7) is 0. The van der Waals surface area contributed by atoms with Gasteiger partial charge in [0.1, 0.15) is 0 Å². The first-order chi connectivity index (χ1) is 9.83. The fourth-order valence-corrected chi connectivity index (χ4v) is 2.37. The van der Waals surface area contributed by atoms with Crippen molar-refractivity contribution in [2.75, 3.05) is 5.73 Å². The molecule has 0 bridgehead atoms. The predicted molar refractivity (Wildman–Crippen MR) is 68.5 cm³/mol. The average Bonchev–Trinajstić information content (AvgIpc) is 2.92. The number of nitrogens with two attached hydrogens (primary N) is 1. The summed E-state index contributed by atoms with van der Waals surface area (Å²) >= 11 is 0. The Hall–Kier alpha value is -2.70. The Balaban J connectivity index is 1.57. The van der Waals surface area contributed by atoms with Crippen molar-refractivity contribution in [2.24, 2.45) is 0 Å². The summed E-state index contributed by atoms with van der Waals surface area (Å²) in [4.78, 5) is 4.33. The van der Waals surface area contributed by atoms with Gasteiger partial charge in [0, 0.05) is 5.92 Å². The van der Waals surface area contributed by atoms with Crippen LogP contribution in [0.1, 0.15) is 29.7 Å². The zero-order valence-electron chi connectivity index (χ0n) is 10.4. The van der Waals surface area contributed by atoms with Crippen LogP contribution in [0.5, 0.6) is 0 Å². The van der Waals surface area contributed by atoms with Gasteiger partial charge in [-0.25, -0.2) is 4.63 Å². The fraction of sp³-hybridized carbons (Fsp3) is 0.231. The van der Waals surface area contributed by atoms with Gasteiger partial charge < -0.3 is 10.3 Å². The Morgan fingerprint density at radius 2 is 1.90 bits per heavy atom. The molecule has 1 aliphatic rings. The molecule has 4 rings (SSSR count). The highest BCUT2D eigenvalue weighted by Gasteiger charge is 2.43. The van der Waals surface area contributed by atoms with E-state index in [9.17, 15) is 0 Å². The molecule has 2 heterocycles. The largest absolute Gasteiger partial charge is 0.379 e. The van der Waals surface area contributed by atoms with E-state index in [4.69, 9.17) is 10.3 Å². The molecule has 0 radical (unpaired) electrons. The number of benzene rings is 1. The quantitative estimate of drug-likeness (QED) is 0.775. The maximum Gasteiger partial charge on any atom is 0.230 e. The van der Waals surface area contributed by atoms with Crippen LogP contribution in [0.3, 0.4) is 0 Å². The summed E-state index contributed by atoms with van der Waals surface area (Å²) in [5.41, 5.74) is 7.21. The molecular formula is C13H11N5O2. The van der Waals surface area contributed by atoms with Gasteiger partial charge in [-0.2, -0.15) is 4.98 Å². The molecule has 1 aliphatic carbocycles. The summed E-state index contributed by atoms with van der Waals surface area (Å²) in [6, 6.07) is 10.3. The van der Waals surface area contributed by atoms with Crippen molar-refractivity contribution in [3.8, 4) is 11.5 Å². The highest BCUT2D eigenvalue weighted by atomic mass is 16.6. The van der Waals surface area contributed by atoms with Crippen molar-refractivity contribution in [3.05, 3.63) is 41.8 Å². The molecule has 0 amide bonds. The van der Waals surface area contributed by atoms with E-state index in [1.165, 1.54) is 5.56 Å². The molecule has 2 atom stereocenters. The minimum absolute atomic E-state index is 0.160. The first kappa shape index (κ1) is 11.2. The van der Waals surface area contributed by atoms with Gasteiger partial charge in [0.15, 0.2) is 11.5 Å². The van der Waals surface area contributed by atoms with Crippen LogP contribution >= 0.6 is 0 Å². The van der Waals surface area contributed by atoms with Crippen molar-refractivity contribution in [1.82, 2.24) is 20.5 Å². The lowest BCUT2D eigenvalue weighted by atomic mass is 10.1. The maximum atomic E-state index is 5.60. The summed E-state index contributed by atoms with van der Waals surface area (Å²) in [7, 11) is 0. The van der Waals surface area contributed by atoms with Crippen LogP contribution in [0.15, 0.2) is 39.5 Å². The van der Waals surface area contributed by atoms with Gasteiger partial charge in [-0.3, -0.25) is 0 Å². The maximum absolute atomic E-state index is 5.60. The lowest BCUT2D eigenvalue weighted by Crippen LogP contribution is -1.90. The summed E-state index contributed by atoms with van der Waals surface area (Å²) in [5.74, 6) is 1.79. The first-order valence-electron chi connectivity index (χ1n) is 6.30. The molecule has 0 spiro atoms. The minimum Gasteiger partial charge on any atom is -0.379 e. The van der Waals surface area contributed by atoms with E-state index in [1.807, 2.05) is 18.2 Å². The molecule has 0 saturated heterocycles. The number of nitrogens with zero attached hydrogens (tertiary/aromatic N) is 4. The number of hydrogen-bond acceptors (Lipinski definition) is 7. The standard InChI is InChI=1S/C13H11N5O2/c14-11-10(16-20-17-11)12-15-13(19-18-12)9-6-8(9)7-4-2-1-3-5-7/h1-5,8-9H,6H2,(H2,14,17)/t8-,9-/m0/s1. The zero-order chi connectivity index (χ0) is 13.5. The van der Waals surface area contributed by atoms with Crippen LogP contribution in [0.25, 0.3) is 11.5 Å². The highest BCUT2D eigenvalue weighted by molar-refractivity contribution is 5.61. The van der Waals surface area contributed by atoms with Crippen molar-refractivity contribution >= 4 is 5.82 Å². The van der Waals surface area contributed by atoms with E-state index in [-0.39, 0.29) is 11.7 Å². The van der Waals surface area contributed by atoms with Gasteiger partial charge in [-0.1, -0.05) is 35.5 Å². The molecule has 1 fully saturated rings. The molecular weight excluding hydrogens is 258 g/mol. The molecule has 20 heavy (non-hydrogen) atoms. The minimum atomic E-state index is 0.160.